The predicted octanol–water partition coefficient (Wildman–Crippen LogP) is 1.27. The molecule has 0 spiro atoms. The summed E-state index contributed by atoms with van der Waals surface area (Å²) >= 11 is 0. The zero-order valence-electron chi connectivity index (χ0n) is 9.19. The van der Waals surface area contributed by atoms with Crippen molar-refractivity contribution in [2.24, 2.45) is 0 Å². The summed E-state index contributed by atoms with van der Waals surface area (Å²) in [6.07, 6.45) is 4.84. The Labute approximate surface area is 89.4 Å². The maximum atomic E-state index is 11.3. The normalized spacial score (nSPS) is 10.3. The number of nitrogens with one attached hydrogen (secondary N) is 1. The van der Waals surface area contributed by atoms with Crippen LogP contribution in [-0.4, -0.2) is 29.4 Å². The van der Waals surface area contributed by atoms with Crippen LogP contribution in [0.1, 0.15) is 19.8 Å². The molecule has 1 aromatic heterocycles. The third-order valence-electron chi connectivity index (χ3n) is 1.92. The molecule has 1 heterocycles. The van der Waals surface area contributed by atoms with Gasteiger partial charge in [-0.25, -0.2) is 0 Å². The van der Waals surface area contributed by atoms with Crippen LogP contribution in [0, 0.1) is 0 Å². The van der Waals surface area contributed by atoms with Crippen molar-refractivity contribution in [3.63, 3.8) is 0 Å². The standard InChI is InChI=1S/C10H17N3O2/c1-3-4-10(14)12-9-7-11-13(8-9)5-6-15-2/h7-8H,3-6H2,1-2H3,(H,12,14). The minimum absolute atomic E-state index is 0.0313. The zero-order chi connectivity index (χ0) is 11.1. The summed E-state index contributed by atoms with van der Waals surface area (Å²) in [6, 6.07) is 0. The lowest BCUT2D eigenvalue weighted by atomic mass is 10.3. The van der Waals surface area contributed by atoms with E-state index in [2.05, 4.69) is 10.4 Å². The van der Waals surface area contributed by atoms with Gasteiger partial charge in [0.05, 0.1) is 25.0 Å². The summed E-state index contributed by atoms with van der Waals surface area (Å²) in [4.78, 5) is 11.3. The Kier molecular flexibility index (Phi) is 4.83. The van der Waals surface area contributed by atoms with Gasteiger partial charge >= 0.3 is 0 Å². The zero-order valence-corrected chi connectivity index (χ0v) is 9.19. The van der Waals surface area contributed by atoms with Crippen LogP contribution in [0.2, 0.25) is 0 Å². The number of carbonyl (C=O) groups is 1. The smallest absolute Gasteiger partial charge is 0.224 e. The molecule has 0 saturated heterocycles. The summed E-state index contributed by atoms with van der Waals surface area (Å²) in [5, 5.41) is 6.87. The molecule has 0 aliphatic rings. The fraction of sp³-hybridized carbons (Fsp3) is 0.600. The number of methoxy groups -OCH3 is 1. The Hall–Kier alpha value is -1.36. The molecule has 15 heavy (non-hydrogen) atoms. The van der Waals surface area contributed by atoms with E-state index in [1.807, 2.05) is 6.92 Å². The van der Waals surface area contributed by atoms with E-state index >= 15 is 0 Å². The third kappa shape index (κ3) is 4.12. The minimum Gasteiger partial charge on any atom is -0.383 e. The Morgan fingerprint density at radius 3 is 3.13 bits per heavy atom. The Balaban J connectivity index is 2.42. The molecule has 0 unspecified atom stereocenters. The van der Waals surface area contributed by atoms with Gasteiger partial charge in [0, 0.05) is 19.7 Å². The number of hydrogen-bond acceptors (Lipinski definition) is 3. The van der Waals surface area contributed by atoms with E-state index in [0.29, 0.717) is 19.6 Å². The fourth-order valence-electron chi connectivity index (χ4n) is 1.19. The summed E-state index contributed by atoms with van der Waals surface area (Å²) < 4.78 is 6.67. The maximum absolute atomic E-state index is 11.3. The van der Waals surface area contributed by atoms with Gasteiger partial charge in [-0.05, 0) is 6.42 Å². The molecule has 0 radical (unpaired) electrons. The highest BCUT2D eigenvalue weighted by Crippen LogP contribution is 2.05. The molecule has 5 nitrogen and oxygen atoms in total. The minimum atomic E-state index is 0.0313. The van der Waals surface area contributed by atoms with Gasteiger partial charge in [-0.1, -0.05) is 6.92 Å². The van der Waals surface area contributed by atoms with Gasteiger partial charge in [0.1, 0.15) is 0 Å². The van der Waals surface area contributed by atoms with Crippen LogP contribution in [0.4, 0.5) is 5.69 Å². The average molecular weight is 211 g/mol. The highest BCUT2D eigenvalue weighted by molar-refractivity contribution is 5.90. The molecule has 0 saturated carbocycles. The number of carbonyl (C=O) groups excluding carboxylic acids is 1. The summed E-state index contributed by atoms with van der Waals surface area (Å²) in [6.45, 7) is 3.28. The second-order valence-electron chi connectivity index (χ2n) is 3.28. The van der Waals surface area contributed by atoms with E-state index in [1.165, 1.54) is 0 Å². The first-order valence-electron chi connectivity index (χ1n) is 5.07. The van der Waals surface area contributed by atoms with E-state index in [-0.39, 0.29) is 5.91 Å². The molecule has 0 bridgehead atoms. The van der Waals surface area contributed by atoms with Gasteiger partial charge in [0.2, 0.25) is 5.91 Å². The van der Waals surface area contributed by atoms with E-state index in [0.717, 1.165) is 12.1 Å². The molecule has 0 atom stereocenters. The Morgan fingerprint density at radius 1 is 1.67 bits per heavy atom. The van der Waals surface area contributed by atoms with Gasteiger partial charge in [-0.3, -0.25) is 9.48 Å². The van der Waals surface area contributed by atoms with E-state index in [4.69, 9.17) is 4.74 Å². The molecular formula is C10H17N3O2. The van der Waals surface area contributed by atoms with Gasteiger partial charge in [0.15, 0.2) is 0 Å². The second kappa shape index (κ2) is 6.19. The number of anilines is 1. The second-order valence-corrected chi connectivity index (χ2v) is 3.28. The van der Waals surface area contributed by atoms with Crippen molar-refractivity contribution in [1.29, 1.82) is 0 Å². The van der Waals surface area contributed by atoms with Crippen LogP contribution in [-0.2, 0) is 16.1 Å². The van der Waals surface area contributed by atoms with Crippen molar-refractivity contribution in [1.82, 2.24) is 9.78 Å². The van der Waals surface area contributed by atoms with Crippen molar-refractivity contribution >= 4 is 11.6 Å². The molecule has 0 aliphatic carbocycles. The average Bonchev–Trinajstić information content (AvgIpc) is 2.63. The maximum Gasteiger partial charge on any atom is 0.224 e. The van der Waals surface area contributed by atoms with E-state index < -0.39 is 0 Å². The number of ether oxygens (including phenoxy) is 1. The third-order valence-corrected chi connectivity index (χ3v) is 1.92. The quantitative estimate of drug-likeness (QED) is 0.770. The van der Waals surface area contributed by atoms with Crippen LogP contribution in [0.15, 0.2) is 12.4 Å². The van der Waals surface area contributed by atoms with Crippen molar-refractivity contribution in [2.45, 2.75) is 26.3 Å². The highest BCUT2D eigenvalue weighted by Gasteiger charge is 2.02. The predicted molar refractivity (Wildman–Crippen MR) is 57.6 cm³/mol. The van der Waals surface area contributed by atoms with Crippen molar-refractivity contribution in [3.8, 4) is 0 Å². The first-order chi connectivity index (χ1) is 7.26. The highest BCUT2D eigenvalue weighted by atomic mass is 16.5. The molecule has 1 rings (SSSR count). The summed E-state index contributed by atoms with van der Waals surface area (Å²) in [5.74, 6) is 0.0313. The molecule has 0 aliphatic heterocycles. The SMILES string of the molecule is CCCC(=O)Nc1cnn(CCOC)c1. The lowest BCUT2D eigenvalue weighted by Gasteiger charge is -2.00. The molecule has 1 aromatic rings. The number of hydrogen-bond donors (Lipinski definition) is 1. The fourth-order valence-corrected chi connectivity index (χ4v) is 1.19. The van der Waals surface area contributed by atoms with E-state index in [1.54, 1.807) is 24.2 Å². The van der Waals surface area contributed by atoms with Gasteiger partial charge < -0.3 is 10.1 Å². The molecule has 1 amide bonds. The topological polar surface area (TPSA) is 56.2 Å². The van der Waals surface area contributed by atoms with Crippen molar-refractivity contribution < 1.29 is 9.53 Å². The number of amides is 1. The first kappa shape index (κ1) is 11.7. The summed E-state index contributed by atoms with van der Waals surface area (Å²) in [7, 11) is 1.65. The van der Waals surface area contributed by atoms with Gasteiger partial charge in [0.25, 0.3) is 0 Å². The van der Waals surface area contributed by atoms with E-state index in [9.17, 15) is 4.79 Å². The number of nitrogens with zero attached hydrogens (tertiary/aromatic N) is 2. The van der Waals surface area contributed by atoms with Crippen LogP contribution >= 0.6 is 0 Å². The Bertz CT molecular complexity index is 309. The van der Waals surface area contributed by atoms with Gasteiger partial charge in [-0.2, -0.15) is 5.10 Å². The van der Waals surface area contributed by atoms with Crippen LogP contribution < -0.4 is 5.32 Å². The van der Waals surface area contributed by atoms with Crippen LogP contribution in [0.3, 0.4) is 0 Å². The molecule has 1 N–H and O–H groups in total. The van der Waals surface area contributed by atoms with Crippen LogP contribution in [0.25, 0.3) is 0 Å². The Morgan fingerprint density at radius 2 is 2.47 bits per heavy atom. The lowest BCUT2D eigenvalue weighted by Crippen LogP contribution is -2.10. The lowest BCUT2D eigenvalue weighted by molar-refractivity contribution is -0.116. The molecular weight excluding hydrogens is 194 g/mol. The van der Waals surface area contributed by atoms with Crippen molar-refractivity contribution in [3.05, 3.63) is 12.4 Å². The molecule has 0 fully saturated rings. The van der Waals surface area contributed by atoms with Crippen LogP contribution in [0.5, 0.6) is 0 Å². The monoisotopic (exact) mass is 211 g/mol. The molecule has 84 valence electrons. The first-order valence-corrected chi connectivity index (χ1v) is 5.07. The summed E-state index contributed by atoms with van der Waals surface area (Å²) in [5.41, 5.74) is 0.740. The molecule has 5 heteroatoms. The number of aromatic nitrogens is 2. The largest absolute Gasteiger partial charge is 0.383 e. The van der Waals surface area contributed by atoms with Gasteiger partial charge in [-0.15, -0.1) is 0 Å². The molecule has 0 aromatic carbocycles. The van der Waals surface area contributed by atoms with Crippen molar-refractivity contribution in [2.75, 3.05) is 19.0 Å². The number of rotatable bonds is 6.